The standard InChI is InChI=1S/C16H19N3OS/c1-11(2)17-9-5-8-15-18-19-16(21-15)14-10-12-6-3-4-7-13(12)20-14/h3-4,6-7,10-11,17H,5,8-9H2,1-2H3. The van der Waals surface area contributed by atoms with Gasteiger partial charge in [-0.15, -0.1) is 10.2 Å². The Balaban J connectivity index is 1.66. The van der Waals surface area contributed by atoms with Crippen LogP contribution in [0.15, 0.2) is 34.7 Å². The summed E-state index contributed by atoms with van der Waals surface area (Å²) in [5.41, 5.74) is 0.894. The molecule has 5 heteroatoms. The van der Waals surface area contributed by atoms with E-state index in [9.17, 15) is 0 Å². The predicted octanol–water partition coefficient (Wildman–Crippen LogP) is 3.88. The van der Waals surface area contributed by atoms with Crippen molar-refractivity contribution in [3.05, 3.63) is 35.3 Å². The maximum Gasteiger partial charge on any atom is 0.183 e. The van der Waals surface area contributed by atoms with Crippen LogP contribution in [0.3, 0.4) is 0 Å². The molecule has 0 radical (unpaired) electrons. The van der Waals surface area contributed by atoms with Gasteiger partial charge in [0, 0.05) is 17.8 Å². The van der Waals surface area contributed by atoms with Crippen molar-refractivity contribution in [1.29, 1.82) is 0 Å². The van der Waals surface area contributed by atoms with Gasteiger partial charge in [-0.3, -0.25) is 0 Å². The van der Waals surface area contributed by atoms with E-state index in [1.165, 1.54) is 0 Å². The maximum absolute atomic E-state index is 5.82. The van der Waals surface area contributed by atoms with Gasteiger partial charge in [0.05, 0.1) is 0 Å². The molecule has 0 spiro atoms. The number of fused-ring (bicyclic) bond motifs is 1. The summed E-state index contributed by atoms with van der Waals surface area (Å²) in [6.07, 6.45) is 2.03. The van der Waals surface area contributed by atoms with Crippen LogP contribution in [0.25, 0.3) is 21.7 Å². The molecule has 0 saturated heterocycles. The summed E-state index contributed by atoms with van der Waals surface area (Å²) in [4.78, 5) is 0. The highest BCUT2D eigenvalue weighted by molar-refractivity contribution is 7.14. The fourth-order valence-corrected chi connectivity index (χ4v) is 3.01. The molecular weight excluding hydrogens is 282 g/mol. The summed E-state index contributed by atoms with van der Waals surface area (Å²) in [7, 11) is 0. The van der Waals surface area contributed by atoms with Gasteiger partial charge in [-0.1, -0.05) is 43.4 Å². The number of hydrogen-bond donors (Lipinski definition) is 1. The van der Waals surface area contributed by atoms with Crippen molar-refractivity contribution in [1.82, 2.24) is 15.5 Å². The predicted molar refractivity (Wildman–Crippen MR) is 86.6 cm³/mol. The molecule has 0 atom stereocenters. The van der Waals surface area contributed by atoms with Gasteiger partial charge in [0.15, 0.2) is 10.8 Å². The number of aryl methyl sites for hydroxylation is 1. The number of nitrogens with one attached hydrogen (secondary N) is 1. The van der Waals surface area contributed by atoms with E-state index in [1.807, 2.05) is 30.3 Å². The Kier molecular flexibility index (Phi) is 4.31. The summed E-state index contributed by atoms with van der Waals surface area (Å²) >= 11 is 1.62. The Morgan fingerprint density at radius 3 is 2.90 bits per heavy atom. The zero-order valence-electron chi connectivity index (χ0n) is 12.3. The lowest BCUT2D eigenvalue weighted by Crippen LogP contribution is -2.23. The highest BCUT2D eigenvalue weighted by Crippen LogP contribution is 2.29. The molecule has 2 heterocycles. The Labute approximate surface area is 128 Å². The number of nitrogens with zero attached hydrogens (tertiary/aromatic N) is 2. The average molecular weight is 301 g/mol. The number of benzene rings is 1. The Morgan fingerprint density at radius 1 is 1.24 bits per heavy atom. The molecule has 0 aliphatic rings. The van der Waals surface area contributed by atoms with Gasteiger partial charge < -0.3 is 9.73 Å². The van der Waals surface area contributed by atoms with Crippen molar-refractivity contribution in [2.75, 3.05) is 6.54 Å². The maximum atomic E-state index is 5.82. The van der Waals surface area contributed by atoms with Gasteiger partial charge in [0.2, 0.25) is 0 Å². The van der Waals surface area contributed by atoms with Crippen LogP contribution >= 0.6 is 11.3 Å². The van der Waals surface area contributed by atoms with Crippen molar-refractivity contribution < 1.29 is 4.42 Å². The van der Waals surface area contributed by atoms with Crippen molar-refractivity contribution in [3.8, 4) is 10.8 Å². The Morgan fingerprint density at radius 2 is 2.10 bits per heavy atom. The van der Waals surface area contributed by atoms with Gasteiger partial charge >= 0.3 is 0 Å². The molecule has 1 N–H and O–H groups in total. The highest BCUT2D eigenvalue weighted by Gasteiger charge is 2.11. The van der Waals surface area contributed by atoms with Crippen LogP contribution in [0.5, 0.6) is 0 Å². The van der Waals surface area contributed by atoms with Crippen LogP contribution in [-0.2, 0) is 6.42 Å². The molecule has 0 fully saturated rings. The second kappa shape index (κ2) is 6.37. The third-order valence-corrected chi connectivity index (χ3v) is 4.22. The smallest absolute Gasteiger partial charge is 0.183 e. The quantitative estimate of drug-likeness (QED) is 0.702. The third kappa shape index (κ3) is 3.49. The number of furan rings is 1. The number of hydrogen-bond acceptors (Lipinski definition) is 5. The molecular formula is C16H19N3OS. The lowest BCUT2D eigenvalue weighted by molar-refractivity contribution is 0.569. The van der Waals surface area contributed by atoms with Gasteiger partial charge in [-0.2, -0.15) is 0 Å². The molecule has 4 nitrogen and oxygen atoms in total. The molecule has 0 bridgehead atoms. The first-order valence-corrected chi connectivity index (χ1v) is 8.09. The van der Waals surface area contributed by atoms with Crippen LogP contribution in [0, 0.1) is 0 Å². The first kappa shape index (κ1) is 14.2. The van der Waals surface area contributed by atoms with Crippen LogP contribution < -0.4 is 5.32 Å². The largest absolute Gasteiger partial charge is 0.453 e. The van der Waals surface area contributed by atoms with Gasteiger partial charge in [-0.05, 0) is 25.1 Å². The normalized spacial score (nSPS) is 11.6. The molecule has 1 aromatic carbocycles. The first-order chi connectivity index (χ1) is 10.2. The van der Waals surface area contributed by atoms with E-state index in [0.717, 1.165) is 46.1 Å². The van der Waals surface area contributed by atoms with Gasteiger partial charge in [0.25, 0.3) is 0 Å². The van der Waals surface area contributed by atoms with E-state index in [1.54, 1.807) is 11.3 Å². The SMILES string of the molecule is CC(C)NCCCc1nnc(-c2cc3ccccc3o2)s1. The number of aromatic nitrogens is 2. The second-order valence-electron chi connectivity index (χ2n) is 5.36. The van der Waals surface area contributed by atoms with E-state index in [0.29, 0.717) is 6.04 Å². The van der Waals surface area contributed by atoms with E-state index in [4.69, 9.17) is 4.42 Å². The molecule has 2 aromatic heterocycles. The minimum Gasteiger partial charge on any atom is -0.453 e. The lowest BCUT2D eigenvalue weighted by atomic mass is 10.2. The third-order valence-electron chi connectivity index (χ3n) is 3.22. The monoisotopic (exact) mass is 301 g/mol. The summed E-state index contributed by atoms with van der Waals surface area (Å²) in [5, 5.41) is 14.9. The Bertz CT molecular complexity index is 684. The highest BCUT2D eigenvalue weighted by atomic mass is 32.1. The molecule has 0 aliphatic carbocycles. The molecule has 3 rings (SSSR count). The zero-order chi connectivity index (χ0) is 14.7. The average Bonchev–Trinajstić information content (AvgIpc) is 3.09. The van der Waals surface area contributed by atoms with Crippen molar-refractivity contribution in [2.45, 2.75) is 32.7 Å². The van der Waals surface area contributed by atoms with Crippen LogP contribution in [0.4, 0.5) is 0 Å². The fourth-order valence-electron chi connectivity index (χ4n) is 2.17. The fraction of sp³-hybridized carbons (Fsp3) is 0.375. The minimum atomic E-state index is 0.533. The first-order valence-electron chi connectivity index (χ1n) is 7.27. The van der Waals surface area contributed by atoms with Crippen molar-refractivity contribution in [2.24, 2.45) is 0 Å². The summed E-state index contributed by atoms with van der Waals surface area (Å²) in [6.45, 7) is 5.33. The summed E-state index contributed by atoms with van der Waals surface area (Å²) in [6, 6.07) is 10.6. The van der Waals surface area contributed by atoms with Crippen LogP contribution in [0.1, 0.15) is 25.3 Å². The lowest BCUT2D eigenvalue weighted by Gasteiger charge is -2.05. The molecule has 0 unspecified atom stereocenters. The van der Waals surface area contributed by atoms with E-state index in [2.05, 4.69) is 29.4 Å². The molecule has 3 aromatic rings. The molecule has 110 valence electrons. The number of rotatable bonds is 6. The molecule has 0 saturated carbocycles. The zero-order valence-corrected chi connectivity index (χ0v) is 13.1. The molecule has 21 heavy (non-hydrogen) atoms. The van der Waals surface area contributed by atoms with E-state index >= 15 is 0 Å². The van der Waals surface area contributed by atoms with Crippen molar-refractivity contribution >= 4 is 22.3 Å². The Hall–Kier alpha value is -1.72. The van der Waals surface area contributed by atoms with E-state index < -0.39 is 0 Å². The topological polar surface area (TPSA) is 51.0 Å². The second-order valence-corrected chi connectivity index (χ2v) is 6.42. The molecule has 0 amide bonds. The molecule has 0 aliphatic heterocycles. The summed E-state index contributed by atoms with van der Waals surface area (Å²) in [5.74, 6) is 0.806. The number of para-hydroxylation sites is 1. The van der Waals surface area contributed by atoms with Gasteiger partial charge in [-0.25, -0.2) is 0 Å². The van der Waals surface area contributed by atoms with Crippen LogP contribution in [0.2, 0.25) is 0 Å². The van der Waals surface area contributed by atoms with Crippen LogP contribution in [-0.4, -0.2) is 22.8 Å². The summed E-state index contributed by atoms with van der Waals surface area (Å²) < 4.78 is 5.82. The van der Waals surface area contributed by atoms with E-state index in [-0.39, 0.29) is 0 Å². The minimum absolute atomic E-state index is 0.533. The van der Waals surface area contributed by atoms with Crippen molar-refractivity contribution in [3.63, 3.8) is 0 Å². The van der Waals surface area contributed by atoms with Gasteiger partial charge in [0.1, 0.15) is 10.6 Å².